The zero-order chi connectivity index (χ0) is 18.1. The van der Waals surface area contributed by atoms with Gasteiger partial charge < -0.3 is 9.88 Å². The van der Waals surface area contributed by atoms with E-state index in [-0.39, 0.29) is 0 Å². The van der Waals surface area contributed by atoms with E-state index in [2.05, 4.69) is 60.0 Å². The second-order valence-corrected chi connectivity index (χ2v) is 7.36. The van der Waals surface area contributed by atoms with Gasteiger partial charge in [-0.3, -0.25) is 9.58 Å². The normalized spacial score (nSPS) is 17.8. The van der Waals surface area contributed by atoms with E-state index in [1.165, 1.54) is 11.4 Å². The highest BCUT2D eigenvalue weighted by Crippen LogP contribution is 2.20. The van der Waals surface area contributed by atoms with Crippen molar-refractivity contribution in [2.45, 2.75) is 39.0 Å². The van der Waals surface area contributed by atoms with E-state index >= 15 is 0 Å². The maximum Gasteiger partial charge on any atom is 0.164 e. The molecular weight excluding hydrogens is 338 g/mol. The Kier molecular flexibility index (Phi) is 4.47. The van der Waals surface area contributed by atoms with Gasteiger partial charge in [0, 0.05) is 51.3 Å². The molecule has 0 fully saturated rings. The third-order valence-electron chi connectivity index (χ3n) is 5.48. The standard InChI is InChI=1S/C20H25N7/c1-2-5-16(6-3-1)20-23-22-19-7-10-25(11-12-26(19)20)15-17-13-18-14-21-8-4-9-27(18)24-17/h1-3,5-6,13,21H,4,7-12,14-15H2. The van der Waals surface area contributed by atoms with Crippen LogP contribution in [0.15, 0.2) is 36.4 Å². The van der Waals surface area contributed by atoms with Crippen LogP contribution in [0.25, 0.3) is 11.4 Å². The zero-order valence-corrected chi connectivity index (χ0v) is 15.5. The molecule has 0 bridgehead atoms. The average molecular weight is 363 g/mol. The molecule has 1 aromatic carbocycles. The molecule has 0 unspecified atom stereocenters. The minimum Gasteiger partial charge on any atom is -0.311 e. The smallest absolute Gasteiger partial charge is 0.164 e. The lowest BCUT2D eigenvalue weighted by Gasteiger charge is -2.18. The molecule has 1 N–H and O–H groups in total. The summed E-state index contributed by atoms with van der Waals surface area (Å²) in [5.74, 6) is 2.06. The first-order valence-electron chi connectivity index (χ1n) is 9.83. The maximum absolute atomic E-state index is 4.84. The van der Waals surface area contributed by atoms with Crippen LogP contribution < -0.4 is 5.32 Å². The number of aromatic nitrogens is 5. The van der Waals surface area contributed by atoms with E-state index in [4.69, 9.17) is 5.10 Å². The number of hydrogen-bond donors (Lipinski definition) is 1. The van der Waals surface area contributed by atoms with Crippen molar-refractivity contribution in [2.24, 2.45) is 0 Å². The zero-order valence-electron chi connectivity index (χ0n) is 15.5. The van der Waals surface area contributed by atoms with Crippen LogP contribution >= 0.6 is 0 Å². The number of hydrogen-bond acceptors (Lipinski definition) is 5. The van der Waals surface area contributed by atoms with Crippen LogP contribution in [0.1, 0.15) is 23.6 Å². The molecule has 0 spiro atoms. The quantitative estimate of drug-likeness (QED) is 0.767. The van der Waals surface area contributed by atoms with Crippen LogP contribution in [-0.4, -0.2) is 49.1 Å². The van der Waals surface area contributed by atoms with Gasteiger partial charge in [-0.15, -0.1) is 10.2 Å². The summed E-state index contributed by atoms with van der Waals surface area (Å²) >= 11 is 0. The predicted octanol–water partition coefficient (Wildman–Crippen LogP) is 1.69. The fourth-order valence-corrected chi connectivity index (χ4v) is 4.05. The van der Waals surface area contributed by atoms with Crippen molar-refractivity contribution in [1.29, 1.82) is 0 Å². The minimum atomic E-state index is 0.902. The van der Waals surface area contributed by atoms with Gasteiger partial charge in [0.15, 0.2) is 5.82 Å². The summed E-state index contributed by atoms with van der Waals surface area (Å²) in [4.78, 5) is 2.49. The largest absolute Gasteiger partial charge is 0.311 e. The monoisotopic (exact) mass is 363 g/mol. The van der Waals surface area contributed by atoms with Crippen molar-refractivity contribution < 1.29 is 0 Å². The molecule has 140 valence electrons. The van der Waals surface area contributed by atoms with Gasteiger partial charge in [-0.25, -0.2) is 0 Å². The highest BCUT2D eigenvalue weighted by Gasteiger charge is 2.20. The van der Waals surface area contributed by atoms with Crippen molar-refractivity contribution in [3.05, 3.63) is 53.6 Å². The van der Waals surface area contributed by atoms with Crippen LogP contribution in [0.2, 0.25) is 0 Å². The van der Waals surface area contributed by atoms with Crippen molar-refractivity contribution in [1.82, 2.24) is 34.8 Å². The van der Waals surface area contributed by atoms with Crippen LogP contribution in [-0.2, 0) is 32.6 Å². The summed E-state index contributed by atoms with van der Waals surface area (Å²) in [7, 11) is 0. The lowest BCUT2D eigenvalue weighted by molar-refractivity contribution is 0.267. The summed E-state index contributed by atoms with van der Waals surface area (Å²) in [6.07, 6.45) is 2.07. The fourth-order valence-electron chi connectivity index (χ4n) is 4.05. The van der Waals surface area contributed by atoms with Gasteiger partial charge in [0.05, 0.1) is 11.4 Å². The summed E-state index contributed by atoms with van der Waals surface area (Å²) in [6.45, 7) is 6.83. The highest BCUT2D eigenvalue weighted by molar-refractivity contribution is 5.55. The first-order valence-corrected chi connectivity index (χ1v) is 9.83. The molecule has 0 saturated heterocycles. The Labute approximate surface area is 159 Å². The van der Waals surface area contributed by atoms with E-state index in [1.807, 2.05) is 6.07 Å². The maximum atomic E-state index is 4.84. The second-order valence-electron chi connectivity index (χ2n) is 7.36. The molecule has 0 aliphatic carbocycles. The molecule has 5 rings (SSSR count). The number of nitrogens with zero attached hydrogens (tertiary/aromatic N) is 6. The Morgan fingerprint density at radius 3 is 2.85 bits per heavy atom. The number of benzene rings is 1. The van der Waals surface area contributed by atoms with E-state index in [1.54, 1.807) is 0 Å². The van der Waals surface area contributed by atoms with Crippen molar-refractivity contribution in [3.8, 4) is 11.4 Å². The van der Waals surface area contributed by atoms with E-state index in [9.17, 15) is 0 Å². The van der Waals surface area contributed by atoms with E-state index in [0.717, 1.165) is 75.9 Å². The minimum absolute atomic E-state index is 0.902. The predicted molar refractivity (Wildman–Crippen MR) is 103 cm³/mol. The Hall–Kier alpha value is -2.51. The SMILES string of the molecule is c1ccc(-c2nnc3n2CCN(Cc2cc4n(n2)CCCNC4)CC3)cc1. The van der Waals surface area contributed by atoms with Crippen LogP contribution in [0.3, 0.4) is 0 Å². The van der Waals surface area contributed by atoms with Gasteiger partial charge in [-0.2, -0.15) is 5.10 Å². The van der Waals surface area contributed by atoms with Gasteiger partial charge in [0.1, 0.15) is 5.82 Å². The van der Waals surface area contributed by atoms with Crippen molar-refractivity contribution >= 4 is 0 Å². The summed E-state index contributed by atoms with van der Waals surface area (Å²) in [5.41, 5.74) is 3.62. The van der Waals surface area contributed by atoms with Gasteiger partial charge >= 0.3 is 0 Å². The highest BCUT2D eigenvalue weighted by atomic mass is 15.3. The lowest BCUT2D eigenvalue weighted by Crippen LogP contribution is -2.27. The Bertz CT molecular complexity index is 888. The van der Waals surface area contributed by atoms with Crippen LogP contribution in [0.4, 0.5) is 0 Å². The summed E-state index contributed by atoms with van der Waals surface area (Å²) in [6, 6.07) is 12.6. The summed E-state index contributed by atoms with van der Waals surface area (Å²) < 4.78 is 4.46. The molecule has 7 nitrogen and oxygen atoms in total. The van der Waals surface area contributed by atoms with Crippen LogP contribution in [0, 0.1) is 0 Å². The van der Waals surface area contributed by atoms with Gasteiger partial charge in [0.25, 0.3) is 0 Å². The van der Waals surface area contributed by atoms with Gasteiger partial charge in [-0.1, -0.05) is 30.3 Å². The molecule has 27 heavy (non-hydrogen) atoms. The average Bonchev–Trinajstić information content (AvgIpc) is 3.14. The van der Waals surface area contributed by atoms with Gasteiger partial charge in [-0.05, 0) is 19.0 Å². The molecule has 0 atom stereocenters. The molecule has 4 heterocycles. The molecule has 3 aromatic rings. The fraction of sp³-hybridized carbons (Fsp3) is 0.450. The van der Waals surface area contributed by atoms with E-state index in [0.29, 0.717) is 0 Å². The van der Waals surface area contributed by atoms with Gasteiger partial charge in [0.2, 0.25) is 0 Å². The molecule has 2 aromatic heterocycles. The van der Waals surface area contributed by atoms with Crippen molar-refractivity contribution in [2.75, 3.05) is 19.6 Å². The topological polar surface area (TPSA) is 63.8 Å². The summed E-state index contributed by atoms with van der Waals surface area (Å²) in [5, 5.41) is 17.2. The first-order chi connectivity index (χ1) is 13.4. The Morgan fingerprint density at radius 1 is 1.00 bits per heavy atom. The number of nitrogens with one attached hydrogen (secondary N) is 1. The third kappa shape index (κ3) is 3.40. The molecular formula is C20H25N7. The number of rotatable bonds is 3. The third-order valence-corrected chi connectivity index (χ3v) is 5.48. The van der Waals surface area contributed by atoms with Crippen LogP contribution in [0.5, 0.6) is 0 Å². The second kappa shape index (κ2) is 7.25. The Balaban J connectivity index is 1.30. The molecule has 7 heteroatoms. The molecule has 2 aliphatic heterocycles. The van der Waals surface area contributed by atoms with Crippen molar-refractivity contribution in [3.63, 3.8) is 0 Å². The molecule has 0 radical (unpaired) electrons. The first kappa shape index (κ1) is 16.6. The number of aryl methyl sites for hydroxylation is 1. The lowest BCUT2D eigenvalue weighted by atomic mass is 10.2. The van der Waals surface area contributed by atoms with E-state index < -0.39 is 0 Å². The molecule has 2 aliphatic rings. The Morgan fingerprint density at radius 2 is 1.93 bits per heavy atom. The molecule has 0 amide bonds. The number of fused-ring (bicyclic) bond motifs is 2. The molecule has 0 saturated carbocycles.